The monoisotopic (exact) mass is 289 g/mol. The zero-order chi connectivity index (χ0) is 15.4. The molecule has 2 aromatic rings. The van der Waals surface area contributed by atoms with Crippen LogP contribution in [0.1, 0.15) is 22.8 Å². The molecule has 0 aliphatic rings. The van der Waals surface area contributed by atoms with Gasteiger partial charge in [0.15, 0.2) is 0 Å². The smallest absolute Gasteiger partial charge is 0.340 e. The van der Waals surface area contributed by atoms with Crippen molar-refractivity contribution in [2.45, 2.75) is 13.8 Å². The van der Waals surface area contributed by atoms with Crippen LogP contribution in [0, 0.1) is 12.7 Å². The minimum Gasteiger partial charge on any atom is -0.462 e. The summed E-state index contributed by atoms with van der Waals surface area (Å²) in [4.78, 5) is 15.9. The largest absolute Gasteiger partial charge is 0.462 e. The van der Waals surface area contributed by atoms with Gasteiger partial charge in [0, 0.05) is 5.69 Å². The van der Waals surface area contributed by atoms with Gasteiger partial charge in [-0.15, -0.1) is 0 Å². The Morgan fingerprint density at radius 1 is 1.43 bits per heavy atom. The maximum Gasteiger partial charge on any atom is 0.340 e. The van der Waals surface area contributed by atoms with E-state index in [-0.39, 0.29) is 23.7 Å². The van der Waals surface area contributed by atoms with Gasteiger partial charge in [-0.25, -0.2) is 14.2 Å². The van der Waals surface area contributed by atoms with Gasteiger partial charge in [-0.3, -0.25) is 0 Å². The molecule has 0 aliphatic heterocycles. The summed E-state index contributed by atoms with van der Waals surface area (Å²) in [6.45, 7) is 3.81. The first-order valence-corrected chi connectivity index (χ1v) is 6.47. The number of esters is 1. The number of nitrogen functional groups attached to an aromatic ring is 1. The Bertz CT molecular complexity index is 674. The van der Waals surface area contributed by atoms with Crippen molar-refractivity contribution in [3.8, 4) is 0 Å². The van der Waals surface area contributed by atoms with E-state index in [1.807, 2.05) is 6.92 Å². The van der Waals surface area contributed by atoms with Gasteiger partial charge in [-0.2, -0.15) is 0 Å². The lowest BCUT2D eigenvalue weighted by Gasteiger charge is -2.11. The molecule has 1 aromatic carbocycles. The molecule has 0 unspecified atom stereocenters. The number of rotatable bonds is 4. The number of benzene rings is 1. The first-order valence-electron chi connectivity index (χ1n) is 6.47. The zero-order valence-electron chi connectivity index (χ0n) is 11.8. The molecule has 6 heteroatoms. The molecule has 0 radical (unpaired) electrons. The van der Waals surface area contributed by atoms with E-state index in [0.29, 0.717) is 11.5 Å². The molecule has 21 heavy (non-hydrogen) atoms. The third-order valence-electron chi connectivity index (χ3n) is 2.89. The lowest BCUT2D eigenvalue weighted by molar-refractivity contribution is 0.0527. The number of hydrogen-bond donors (Lipinski definition) is 2. The number of aryl methyl sites for hydroxylation is 1. The van der Waals surface area contributed by atoms with Crippen molar-refractivity contribution in [2.24, 2.45) is 0 Å². The van der Waals surface area contributed by atoms with Crippen LogP contribution in [0.4, 0.5) is 21.6 Å². The number of nitrogens with one attached hydrogen (secondary N) is 1. The Kier molecular flexibility index (Phi) is 4.37. The van der Waals surface area contributed by atoms with Crippen LogP contribution in [0.2, 0.25) is 0 Å². The lowest BCUT2D eigenvalue weighted by atomic mass is 10.2. The highest BCUT2D eigenvalue weighted by molar-refractivity contribution is 5.95. The molecule has 0 aliphatic carbocycles. The summed E-state index contributed by atoms with van der Waals surface area (Å²) in [5.74, 6) is -0.485. The van der Waals surface area contributed by atoms with Gasteiger partial charge in [0.05, 0.1) is 24.1 Å². The van der Waals surface area contributed by atoms with Crippen LogP contribution in [0.5, 0.6) is 0 Å². The second kappa shape index (κ2) is 6.21. The average Bonchev–Trinajstić information content (AvgIpc) is 2.45. The molecule has 1 heterocycles. The molecule has 0 bridgehead atoms. The van der Waals surface area contributed by atoms with Crippen LogP contribution in [0.25, 0.3) is 0 Å². The van der Waals surface area contributed by atoms with Crippen molar-refractivity contribution in [2.75, 3.05) is 17.7 Å². The van der Waals surface area contributed by atoms with Crippen molar-refractivity contribution in [3.63, 3.8) is 0 Å². The van der Waals surface area contributed by atoms with Gasteiger partial charge in [-0.05, 0) is 37.6 Å². The Labute approximate surface area is 121 Å². The maximum absolute atomic E-state index is 13.3. The van der Waals surface area contributed by atoms with E-state index in [4.69, 9.17) is 10.5 Å². The van der Waals surface area contributed by atoms with Gasteiger partial charge in [0.2, 0.25) is 0 Å². The van der Waals surface area contributed by atoms with E-state index in [2.05, 4.69) is 10.3 Å². The van der Waals surface area contributed by atoms with E-state index in [1.54, 1.807) is 13.0 Å². The third kappa shape index (κ3) is 3.47. The van der Waals surface area contributed by atoms with Gasteiger partial charge >= 0.3 is 5.97 Å². The molecular weight excluding hydrogens is 273 g/mol. The first kappa shape index (κ1) is 14.8. The van der Waals surface area contributed by atoms with Gasteiger partial charge in [-0.1, -0.05) is 6.07 Å². The van der Waals surface area contributed by atoms with Gasteiger partial charge in [0.25, 0.3) is 0 Å². The van der Waals surface area contributed by atoms with Crippen molar-refractivity contribution in [1.29, 1.82) is 0 Å². The van der Waals surface area contributed by atoms with Crippen molar-refractivity contribution >= 4 is 23.2 Å². The summed E-state index contributed by atoms with van der Waals surface area (Å²) >= 11 is 0. The normalized spacial score (nSPS) is 10.2. The van der Waals surface area contributed by atoms with Crippen molar-refractivity contribution in [1.82, 2.24) is 4.98 Å². The molecule has 0 atom stereocenters. The molecule has 0 spiro atoms. The second-order valence-corrected chi connectivity index (χ2v) is 4.46. The highest BCUT2D eigenvalue weighted by atomic mass is 19.1. The average molecular weight is 289 g/mol. The highest BCUT2D eigenvalue weighted by Crippen LogP contribution is 2.23. The molecule has 0 saturated carbocycles. The molecule has 1 aromatic heterocycles. The predicted octanol–water partition coefficient (Wildman–Crippen LogP) is 3.03. The van der Waals surface area contributed by atoms with Gasteiger partial charge < -0.3 is 15.8 Å². The molecule has 0 saturated heterocycles. The van der Waals surface area contributed by atoms with Crippen LogP contribution in [-0.2, 0) is 4.74 Å². The summed E-state index contributed by atoms with van der Waals surface area (Å²) in [6.07, 6.45) is 1.36. The van der Waals surface area contributed by atoms with Crippen LogP contribution >= 0.6 is 0 Å². The predicted molar refractivity (Wildman–Crippen MR) is 79.0 cm³/mol. The van der Waals surface area contributed by atoms with E-state index in [9.17, 15) is 9.18 Å². The summed E-state index contributed by atoms with van der Waals surface area (Å²) < 4.78 is 18.2. The highest BCUT2D eigenvalue weighted by Gasteiger charge is 2.13. The number of carbonyl (C=O) groups is 1. The van der Waals surface area contributed by atoms with Crippen molar-refractivity contribution < 1.29 is 13.9 Å². The number of nitrogens with two attached hydrogens (primary N) is 1. The number of anilines is 3. The topological polar surface area (TPSA) is 77.2 Å². The maximum atomic E-state index is 13.3. The molecular formula is C15H16FN3O2. The number of nitrogens with zero attached hydrogens (tertiary/aromatic N) is 1. The fraction of sp³-hybridized carbons (Fsp3) is 0.200. The Balaban J connectivity index is 2.31. The van der Waals surface area contributed by atoms with E-state index >= 15 is 0 Å². The third-order valence-corrected chi connectivity index (χ3v) is 2.89. The molecule has 0 fully saturated rings. The summed E-state index contributed by atoms with van der Waals surface area (Å²) in [5, 5.41) is 2.96. The Hall–Kier alpha value is -2.63. The molecule has 5 nitrogen and oxygen atoms in total. The molecule has 3 N–H and O–H groups in total. The van der Waals surface area contributed by atoms with Crippen molar-refractivity contribution in [3.05, 3.63) is 47.4 Å². The zero-order valence-corrected chi connectivity index (χ0v) is 11.8. The van der Waals surface area contributed by atoms with E-state index in [0.717, 1.165) is 5.56 Å². The fourth-order valence-electron chi connectivity index (χ4n) is 1.79. The van der Waals surface area contributed by atoms with Gasteiger partial charge in [0.1, 0.15) is 11.6 Å². The van der Waals surface area contributed by atoms with Crippen LogP contribution in [-0.4, -0.2) is 17.6 Å². The van der Waals surface area contributed by atoms with Crippen LogP contribution < -0.4 is 11.1 Å². The summed E-state index contributed by atoms with van der Waals surface area (Å²) in [7, 11) is 0. The first-order chi connectivity index (χ1) is 10.0. The lowest BCUT2D eigenvalue weighted by Crippen LogP contribution is -2.09. The minimum atomic E-state index is -0.517. The van der Waals surface area contributed by atoms with Crippen LogP contribution in [0.15, 0.2) is 30.5 Å². The number of ether oxygens (including phenoxy) is 1. The van der Waals surface area contributed by atoms with E-state index < -0.39 is 5.97 Å². The van der Waals surface area contributed by atoms with E-state index in [1.165, 1.54) is 24.4 Å². The summed E-state index contributed by atoms with van der Waals surface area (Å²) in [6, 6.07) is 5.87. The number of aromatic nitrogens is 1. The second-order valence-electron chi connectivity index (χ2n) is 4.46. The number of carbonyl (C=O) groups excluding carboxylic acids is 1. The van der Waals surface area contributed by atoms with Crippen LogP contribution in [0.3, 0.4) is 0 Å². The molecule has 2 rings (SSSR count). The molecule has 110 valence electrons. The quantitative estimate of drug-likeness (QED) is 0.846. The number of hydrogen-bond acceptors (Lipinski definition) is 5. The number of halogens is 1. The summed E-state index contributed by atoms with van der Waals surface area (Å²) in [5.41, 5.74) is 7.60. The minimum absolute atomic E-state index is 0.225. The Morgan fingerprint density at radius 2 is 2.19 bits per heavy atom. The standard InChI is InChI=1S/C15H16FN3O2/c1-3-21-15(20)11-7-14(18-8-12(11)17)19-13-6-10(16)5-4-9(13)2/h4-8H,3,17H2,1-2H3,(H,18,19). The fourth-order valence-corrected chi connectivity index (χ4v) is 1.79. The number of pyridine rings is 1. The molecule has 0 amide bonds. The Morgan fingerprint density at radius 3 is 2.90 bits per heavy atom. The SMILES string of the molecule is CCOC(=O)c1cc(Nc2cc(F)ccc2C)ncc1N.